The summed E-state index contributed by atoms with van der Waals surface area (Å²) < 4.78 is 5.33. The summed E-state index contributed by atoms with van der Waals surface area (Å²) in [4.78, 5) is 13.8. The molecule has 1 rings (SSSR count). The number of carbonyl (C=O) groups is 1. The molecule has 0 spiro atoms. The highest BCUT2D eigenvalue weighted by molar-refractivity contribution is 5.94. The summed E-state index contributed by atoms with van der Waals surface area (Å²) in [5.74, 6) is 0.686. The highest BCUT2D eigenvalue weighted by atomic mass is 16.5. The third kappa shape index (κ3) is 4.89. The first-order chi connectivity index (χ1) is 9.08. The Bertz CT molecular complexity index is 392. The second-order valence-electron chi connectivity index (χ2n) is 4.33. The summed E-state index contributed by atoms with van der Waals surface area (Å²) in [5.41, 5.74) is 0.734. The maximum absolute atomic E-state index is 12.0. The fourth-order valence-electron chi connectivity index (χ4n) is 1.60. The predicted octanol–water partition coefficient (Wildman–Crippen LogP) is 1.34. The van der Waals surface area contributed by atoms with Gasteiger partial charge in [-0.1, -0.05) is 0 Å². The number of carbonyl (C=O) groups excluding carboxylic acids is 1. The van der Waals surface area contributed by atoms with Crippen molar-refractivity contribution in [3.8, 4) is 5.75 Å². The average Bonchev–Trinajstić information content (AvgIpc) is 2.40. The normalized spacial score (nSPS) is 12.3. The van der Waals surface area contributed by atoms with Gasteiger partial charge in [-0.2, -0.15) is 0 Å². The lowest BCUT2D eigenvalue weighted by molar-refractivity contribution is -0.120. The van der Waals surface area contributed by atoms with Crippen LogP contribution in [0.4, 0.5) is 5.69 Å². The highest BCUT2D eigenvalue weighted by Crippen LogP contribution is 2.16. The Balaban J connectivity index is 2.56. The van der Waals surface area contributed by atoms with Crippen LogP contribution in [0.15, 0.2) is 24.3 Å². The SMILES string of the molecule is CCOc1ccc(NC(=O)C(C)N(C)CCO)cc1. The van der Waals surface area contributed by atoms with Gasteiger partial charge < -0.3 is 15.2 Å². The Kier molecular flexibility index (Phi) is 6.32. The molecular weight excluding hydrogens is 244 g/mol. The first-order valence-corrected chi connectivity index (χ1v) is 6.43. The van der Waals surface area contributed by atoms with Crippen molar-refractivity contribution in [2.24, 2.45) is 0 Å². The van der Waals surface area contributed by atoms with Crippen LogP contribution in [0.3, 0.4) is 0 Å². The van der Waals surface area contributed by atoms with Crippen molar-refractivity contribution in [1.82, 2.24) is 4.90 Å². The molecule has 1 aromatic rings. The van der Waals surface area contributed by atoms with Gasteiger partial charge >= 0.3 is 0 Å². The molecule has 0 fully saturated rings. The zero-order valence-corrected chi connectivity index (χ0v) is 11.7. The van der Waals surface area contributed by atoms with E-state index in [0.717, 1.165) is 11.4 Å². The van der Waals surface area contributed by atoms with Crippen molar-refractivity contribution in [3.63, 3.8) is 0 Å². The van der Waals surface area contributed by atoms with Crippen molar-refractivity contribution in [2.45, 2.75) is 19.9 Å². The molecule has 1 atom stereocenters. The van der Waals surface area contributed by atoms with E-state index >= 15 is 0 Å². The van der Waals surface area contributed by atoms with Crippen molar-refractivity contribution in [1.29, 1.82) is 0 Å². The van der Waals surface area contributed by atoms with Crippen molar-refractivity contribution in [2.75, 3.05) is 32.1 Å². The van der Waals surface area contributed by atoms with Crippen LogP contribution in [0.5, 0.6) is 5.75 Å². The molecule has 0 aliphatic carbocycles. The van der Waals surface area contributed by atoms with Crippen LogP contribution in [-0.2, 0) is 4.79 Å². The standard InChI is InChI=1S/C14H22N2O3/c1-4-19-13-7-5-12(6-8-13)15-14(18)11(2)16(3)9-10-17/h5-8,11,17H,4,9-10H2,1-3H3,(H,15,18). The van der Waals surface area contributed by atoms with Crippen LogP contribution in [-0.4, -0.2) is 48.8 Å². The maximum Gasteiger partial charge on any atom is 0.241 e. The number of nitrogens with zero attached hydrogens (tertiary/aromatic N) is 1. The number of hydrogen-bond acceptors (Lipinski definition) is 4. The van der Waals surface area contributed by atoms with E-state index in [2.05, 4.69) is 5.32 Å². The topological polar surface area (TPSA) is 61.8 Å². The molecule has 0 radical (unpaired) electrons. The van der Waals surface area contributed by atoms with Gasteiger partial charge in [0.1, 0.15) is 5.75 Å². The molecule has 1 aromatic carbocycles. The molecule has 5 heteroatoms. The van der Waals surface area contributed by atoms with Crippen LogP contribution < -0.4 is 10.1 Å². The van der Waals surface area contributed by atoms with Gasteiger partial charge in [-0.3, -0.25) is 9.69 Å². The zero-order chi connectivity index (χ0) is 14.3. The molecule has 0 aromatic heterocycles. The zero-order valence-electron chi connectivity index (χ0n) is 11.7. The number of nitrogens with one attached hydrogen (secondary N) is 1. The monoisotopic (exact) mass is 266 g/mol. The van der Waals surface area contributed by atoms with E-state index in [1.165, 1.54) is 0 Å². The van der Waals surface area contributed by atoms with Crippen LogP contribution in [0, 0.1) is 0 Å². The molecule has 2 N–H and O–H groups in total. The van der Waals surface area contributed by atoms with Crippen LogP contribution >= 0.6 is 0 Å². The fraction of sp³-hybridized carbons (Fsp3) is 0.500. The van der Waals surface area contributed by atoms with E-state index in [1.807, 2.05) is 31.2 Å². The largest absolute Gasteiger partial charge is 0.494 e. The summed E-state index contributed by atoms with van der Waals surface area (Å²) in [6.07, 6.45) is 0. The van der Waals surface area contributed by atoms with Gasteiger partial charge in [0.2, 0.25) is 5.91 Å². The first-order valence-electron chi connectivity index (χ1n) is 6.43. The lowest BCUT2D eigenvalue weighted by Crippen LogP contribution is -2.40. The van der Waals surface area contributed by atoms with Crippen LogP contribution in [0.25, 0.3) is 0 Å². The number of hydrogen-bond donors (Lipinski definition) is 2. The Morgan fingerprint density at radius 3 is 2.58 bits per heavy atom. The van der Waals surface area contributed by atoms with Crippen LogP contribution in [0.1, 0.15) is 13.8 Å². The number of rotatable bonds is 7. The van der Waals surface area contributed by atoms with E-state index < -0.39 is 0 Å². The van der Waals surface area contributed by atoms with E-state index in [0.29, 0.717) is 13.2 Å². The molecule has 0 heterocycles. The van der Waals surface area contributed by atoms with Gasteiger partial charge in [0.15, 0.2) is 0 Å². The summed E-state index contributed by atoms with van der Waals surface area (Å²) in [6, 6.07) is 6.96. The van der Waals surface area contributed by atoms with Gasteiger partial charge in [0.05, 0.1) is 19.3 Å². The molecule has 0 aliphatic rings. The van der Waals surface area contributed by atoms with Crippen molar-refractivity contribution >= 4 is 11.6 Å². The molecule has 5 nitrogen and oxygen atoms in total. The third-order valence-corrected chi connectivity index (χ3v) is 2.93. The Morgan fingerprint density at radius 2 is 2.05 bits per heavy atom. The molecule has 0 saturated carbocycles. The van der Waals surface area contributed by atoms with E-state index in [1.54, 1.807) is 18.9 Å². The second-order valence-corrected chi connectivity index (χ2v) is 4.33. The summed E-state index contributed by atoms with van der Waals surface area (Å²) in [5, 5.41) is 11.7. The maximum atomic E-state index is 12.0. The molecule has 0 bridgehead atoms. The molecule has 1 unspecified atom stereocenters. The molecular formula is C14H22N2O3. The number of aliphatic hydroxyl groups excluding tert-OH is 1. The molecule has 0 saturated heterocycles. The first kappa shape index (κ1) is 15.5. The third-order valence-electron chi connectivity index (χ3n) is 2.93. The number of ether oxygens (including phenoxy) is 1. The molecule has 0 aliphatic heterocycles. The van der Waals surface area contributed by atoms with E-state index in [9.17, 15) is 4.79 Å². The van der Waals surface area contributed by atoms with Gasteiger partial charge in [0.25, 0.3) is 0 Å². The van der Waals surface area contributed by atoms with Gasteiger partial charge in [0, 0.05) is 12.2 Å². The van der Waals surface area contributed by atoms with Crippen molar-refractivity contribution < 1.29 is 14.6 Å². The van der Waals surface area contributed by atoms with Gasteiger partial charge in [-0.15, -0.1) is 0 Å². The summed E-state index contributed by atoms with van der Waals surface area (Å²) in [6.45, 7) is 4.86. The number of benzene rings is 1. The number of likely N-dealkylation sites (N-methyl/N-ethyl adjacent to an activating group) is 1. The van der Waals surface area contributed by atoms with E-state index in [4.69, 9.17) is 9.84 Å². The minimum Gasteiger partial charge on any atom is -0.494 e. The highest BCUT2D eigenvalue weighted by Gasteiger charge is 2.17. The average molecular weight is 266 g/mol. The van der Waals surface area contributed by atoms with Gasteiger partial charge in [-0.05, 0) is 45.2 Å². The molecule has 1 amide bonds. The molecule has 19 heavy (non-hydrogen) atoms. The Morgan fingerprint density at radius 1 is 1.42 bits per heavy atom. The minimum atomic E-state index is -0.293. The summed E-state index contributed by atoms with van der Waals surface area (Å²) >= 11 is 0. The van der Waals surface area contributed by atoms with E-state index in [-0.39, 0.29) is 18.6 Å². The van der Waals surface area contributed by atoms with Crippen LogP contribution in [0.2, 0.25) is 0 Å². The fourth-order valence-corrected chi connectivity index (χ4v) is 1.60. The van der Waals surface area contributed by atoms with Crippen molar-refractivity contribution in [3.05, 3.63) is 24.3 Å². The lowest BCUT2D eigenvalue weighted by atomic mass is 10.2. The number of aliphatic hydroxyl groups is 1. The van der Waals surface area contributed by atoms with Gasteiger partial charge in [-0.25, -0.2) is 0 Å². The summed E-state index contributed by atoms with van der Waals surface area (Å²) in [7, 11) is 1.80. The Hall–Kier alpha value is -1.59. The quantitative estimate of drug-likeness (QED) is 0.781. The smallest absolute Gasteiger partial charge is 0.241 e. The minimum absolute atomic E-state index is 0.0389. The predicted molar refractivity (Wildman–Crippen MR) is 75.4 cm³/mol. The number of amides is 1. The lowest BCUT2D eigenvalue weighted by Gasteiger charge is -2.22. The Labute approximate surface area is 114 Å². The second kappa shape index (κ2) is 7.76. The number of anilines is 1. The molecule has 106 valence electrons.